The summed E-state index contributed by atoms with van der Waals surface area (Å²) in [5.74, 6) is 0.318. The van der Waals surface area contributed by atoms with Crippen LogP contribution in [0.3, 0.4) is 0 Å². The van der Waals surface area contributed by atoms with Gasteiger partial charge in [-0.25, -0.2) is 0 Å². The summed E-state index contributed by atoms with van der Waals surface area (Å²) < 4.78 is 0. The van der Waals surface area contributed by atoms with E-state index in [1.54, 1.807) is 24.3 Å². The molecule has 92 valence electrons. The van der Waals surface area contributed by atoms with Crippen molar-refractivity contribution in [2.75, 3.05) is 11.9 Å². The minimum Gasteiger partial charge on any atom is -0.370 e. The second-order valence-electron chi connectivity index (χ2n) is 4.19. The van der Waals surface area contributed by atoms with Gasteiger partial charge in [-0.15, -0.1) is 0 Å². The highest BCUT2D eigenvalue weighted by molar-refractivity contribution is 5.96. The number of benzene rings is 1. The minimum atomic E-state index is -0.466. The van der Waals surface area contributed by atoms with E-state index >= 15 is 0 Å². The Kier molecular flexibility index (Phi) is 4.51. The smallest absolute Gasteiger partial charge is 0.248 e. The second kappa shape index (κ2) is 5.89. The number of primary amides is 1. The van der Waals surface area contributed by atoms with Gasteiger partial charge in [0.25, 0.3) is 0 Å². The zero-order valence-electron chi connectivity index (χ0n) is 10.1. The number of guanidine groups is 1. The molecule has 0 bridgehead atoms. The van der Waals surface area contributed by atoms with Crippen LogP contribution in [0.15, 0.2) is 29.3 Å². The van der Waals surface area contributed by atoms with Crippen LogP contribution >= 0.6 is 0 Å². The van der Waals surface area contributed by atoms with Gasteiger partial charge in [-0.1, -0.05) is 19.9 Å². The van der Waals surface area contributed by atoms with Crippen molar-refractivity contribution in [3.05, 3.63) is 29.8 Å². The fourth-order valence-electron chi connectivity index (χ4n) is 1.22. The van der Waals surface area contributed by atoms with Crippen LogP contribution in [-0.4, -0.2) is 18.4 Å². The van der Waals surface area contributed by atoms with Crippen LogP contribution in [0.25, 0.3) is 0 Å². The van der Waals surface area contributed by atoms with Crippen LogP contribution in [0.2, 0.25) is 0 Å². The Morgan fingerprint density at radius 2 is 2.12 bits per heavy atom. The molecule has 5 nitrogen and oxygen atoms in total. The summed E-state index contributed by atoms with van der Waals surface area (Å²) in [4.78, 5) is 15.1. The number of carbonyl (C=O) groups is 1. The van der Waals surface area contributed by atoms with Crippen molar-refractivity contribution >= 4 is 17.6 Å². The summed E-state index contributed by atoms with van der Waals surface area (Å²) in [5, 5.41) is 2.91. The first-order valence-electron chi connectivity index (χ1n) is 5.46. The molecule has 0 spiro atoms. The van der Waals surface area contributed by atoms with Crippen LogP contribution in [0, 0.1) is 5.92 Å². The monoisotopic (exact) mass is 234 g/mol. The van der Waals surface area contributed by atoms with E-state index in [4.69, 9.17) is 11.5 Å². The van der Waals surface area contributed by atoms with E-state index in [2.05, 4.69) is 24.2 Å². The van der Waals surface area contributed by atoms with Crippen molar-refractivity contribution in [1.29, 1.82) is 0 Å². The summed E-state index contributed by atoms with van der Waals surface area (Å²) in [7, 11) is 0. The van der Waals surface area contributed by atoms with E-state index in [0.29, 0.717) is 29.7 Å². The van der Waals surface area contributed by atoms with Crippen molar-refractivity contribution in [1.82, 2.24) is 0 Å². The summed E-state index contributed by atoms with van der Waals surface area (Å²) >= 11 is 0. The standard InChI is InChI=1S/C12H18N4O/c1-8(2)7-15-12(14)16-10-5-3-4-9(6-10)11(13)17/h3-6,8H,7H2,1-2H3,(H2,13,17)(H3,14,15,16). The first-order chi connectivity index (χ1) is 7.99. The molecule has 1 amide bonds. The van der Waals surface area contributed by atoms with E-state index in [0.717, 1.165) is 0 Å². The van der Waals surface area contributed by atoms with Gasteiger partial charge in [0, 0.05) is 17.8 Å². The molecule has 0 unspecified atom stereocenters. The Balaban J connectivity index is 2.71. The number of rotatable bonds is 4. The lowest BCUT2D eigenvalue weighted by Gasteiger charge is -2.07. The molecule has 0 atom stereocenters. The summed E-state index contributed by atoms with van der Waals surface area (Å²) in [6.45, 7) is 4.78. The van der Waals surface area contributed by atoms with Gasteiger partial charge in [0.1, 0.15) is 0 Å². The van der Waals surface area contributed by atoms with Gasteiger partial charge in [-0.2, -0.15) is 0 Å². The predicted molar refractivity (Wildman–Crippen MR) is 69.9 cm³/mol. The second-order valence-corrected chi connectivity index (χ2v) is 4.19. The molecule has 5 heteroatoms. The van der Waals surface area contributed by atoms with E-state index in [9.17, 15) is 4.79 Å². The van der Waals surface area contributed by atoms with E-state index < -0.39 is 5.91 Å². The normalized spacial score (nSPS) is 11.6. The molecule has 0 heterocycles. The van der Waals surface area contributed by atoms with Crippen LogP contribution in [0.5, 0.6) is 0 Å². The maximum absolute atomic E-state index is 11.0. The first-order valence-corrected chi connectivity index (χ1v) is 5.46. The average Bonchev–Trinajstić information content (AvgIpc) is 2.26. The fraction of sp³-hybridized carbons (Fsp3) is 0.333. The predicted octanol–water partition coefficient (Wildman–Crippen LogP) is 1.17. The molecule has 1 aromatic carbocycles. The molecule has 0 aliphatic heterocycles. The van der Waals surface area contributed by atoms with Gasteiger partial charge in [-0.05, 0) is 24.1 Å². The molecule has 5 N–H and O–H groups in total. The van der Waals surface area contributed by atoms with Crippen LogP contribution in [0.1, 0.15) is 24.2 Å². The highest BCUT2D eigenvalue weighted by atomic mass is 16.1. The van der Waals surface area contributed by atoms with Crippen molar-refractivity contribution in [2.45, 2.75) is 13.8 Å². The number of nitrogens with zero attached hydrogens (tertiary/aromatic N) is 1. The van der Waals surface area contributed by atoms with Crippen LogP contribution in [0.4, 0.5) is 5.69 Å². The van der Waals surface area contributed by atoms with Gasteiger partial charge < -0.3 is 16.8 Å². The van der Waals surface area contributed by atoms with Crippen molar-refractivity contribution < 1.29 is 4.79 Å². The maximum Gasteiger partial charge on any atom is 0.248 e. The molecule has 0 aliphatic rings. The van der Waals surface area contributed by atoms with Gasteiger partial charge in [0.05, 0.1) is 0 Å². The number of hydrogen-bond donors (Lipinski definition) is 3. The third kappa shape index (κ3) is 4.55. The largest absolute Gasteiger partial charge is 0.370 e. The summed E-state index contributed by atoms with van der Waals surface area (Å²) in [6, 6.07) is 6.82. The molecule has 0 saturated carbocycles. The molecule has 17 heavy (non-hydrogen) atoms. The number of hydrogen-bond acceptors (Lipinski definition) is 2. The van der Waals surface area contributed by atoms with Crippen LogP contribution < -0.4 is 16.8 Å². The van der Waals surface area contributed by atoms with E-state index in [-0.39, 0.29) is 0 Å². The lowest BCUT2D eigenvalue weighted by Crippen LogP contribution is -2.23. The summed E-state index contributed by atoms with van der Waals surface area (Å²) in [6.07, 6.45) is 0. The van der Waals surface area contributed by atoms with Gasteiger partial charge in [-0.3, -0.25) is 9.79 Å². The molecule has 1 aromatic rings. The SMILES string of the molecule is CC(C)CN=C(N)Nc1cccc(C(N)=O)c1. The van der Waals surface area contributed by atoms with Crippen LogP contribution in [-0.2, 0) is 0 Å². The number of anilines is 1. The Morgan fingerprint density at radius 3 is 2.71 bits per heavy atom. The molecule has 0 fully saturated rings. The third-order valence-electron chi connectivity index (χ3n) is 2.05. The van der Waals surface area contributed by atoms with Crippen molar-refractivity contribution in [3.63, 3.8) is 0 Å². The zero-order valence-corrected chi connectivity index (χ0v) is 10.1. The van der Waals surface area contributed by atoms with E-state index in [1.807, 2.05) is 0 Å². The first kappa shape index (κ1) is 13.0. The zero-order chi connectivity index (χ0) is 12.8. The Labute approximate surface area is 101 Å². The highest BCUT2D eigenvalue weighted by Gasteiger charge is 2.01. The fourth-order valence-corrected chi connectivity index (χ4v) is 1.22. The lowest BCUT2D eigenvalue weighted by molar-refractivity contribution is 0.100. The Bertz CT molecular complexity index is 426. The number of carbonyl (C=O) groups excluding carboxylic acids is 1. The number of nitrogens with two attached hydrogens (primary N) is 2. The van der Waals surface area contributed by atoms with Gasteiger partial charge in [0.15, 0.2) is 5.96 Å². The molecule has 0 aliphatic carbocycles. The lowest BCUT2D eigenvalue weighted by atomic mass is 10.2. The Hall–Kier alpha value is -2.04. The molecule has 0 saturated heterocycles. The third-order valence-corrected chi connectivity index (χ3v) is 2.05. The topological polar surface area (TPSA) is 93.5 Å². The molecule has 0 aromatic heterocycles. The maximum atomic E-state index is 11.0. The van der Waals surface area contributed by atoms with Crippen molar-refractivity contribution in [2.24, 2.45) is 22.4 Å². The van der Waals surface area contributed by atoms with Gasteiger partial charge >= 0.3 is 0 Å². The highest BCUT2D eigenvalue weighted by Crippen LogP contribution is 2.09. The molecular formula is C12H18N4O. The number of aliphatic imine (C=N–C) groups is 1. The van der Waals surface area contributed by atoms with Gasteiger partial charge in [0.2, 0.25) is 5.91 Å². The summed E-state index contributed by atoms with van der Waals surface area (Å²) in [5.41, 5.74) is 12.0. The van der Waals surface area contributed by atoms with Crippen molar-refractivity contribution in [3.8, 4) is 0 Å². The average molecular weight is 234 g/mol. The Morgan fingerprint density at radius 1 is 1.41 bits per heavy atom. The molecule has 0 radical (unpaired) electrons. The quantitative estimate of drug-likeness (QED) is 0.539. The molecule has 1 rings (SSSR count). The number of nitrogens with one attached hydrogen (secondary N) is 1. The van der Waals surface area contributed by atoms with E-state index in [1.165, 1.54) is 0 Å². The minimum absolute atomic E-state index is 0.334. The number of amides is 1. The molecular weight excluding hydrogens is 216 g/mol.